The van der Waals surface area contributed by atoms with E-state index in [1.165, 1.54) is 12.1 Å². The summed E-state index contributed by atoms with van der Waals surface area (Å²) in [6.45, 7) is -1.28. The van der Waals surface area contributed by atoms with Gasteiger partial charge in [-0.1, -0.05) is 0 Å². The summed E-state index contributed by atoms with van der Waals surface area (Å²) in [5.41, 5.74) is 1.80. The molecule has 0 saturated heterocycles. The van der Waals surface area contributed by atoms with Crippen LogP contribution in [-0.2, 0) is 7.05 Å². The lowest BCUT2D eigenvalue weighted by molar-refractivity contribution is -0.153. The molecule has 1 heterocycles. The predicted octanol–water partition coefficient (Wildman–Crippen LogP) is 3.63. The molecule has 0 atom stereocenters. The van der Waals surface area contributed by atoms with E-state index >= 15 is 0 Å². The highest BCUT2D eigenvalue weighted by atomic mass is 127. The van der Waals surface area contributed by atoms with Crippen molar-refractivity contribution < 1.29 is 17.9 Å². The molecule has 0 unspecified atom stereocenters. The molecule has 0 fully saturated rings. The van der Waals surface area contributed by atoms with Gasteiger partial charge in [-0.05, 0) is 46.9 Å². The first-order valence-electron chi connectivity index (χ1n) is 5.34. The highest BCUT2D eigenvalue weighted by Gasteiger charge is 2.28. The number of rotatable bonds is 3. The van der Waals surface area contributed by atoms with Crippen LogP contribution in [0.3, 0.4) is 0 Å². The Bertz CT molecular complexity index is 544. The number of ether oxygens (including phenoxy) is 1. The van der Waals surface area contributed by atoms with Gasteiger partial charge in [-0.2, -0.15) is 18.3 Å². The zero-order valence-electron chi connectivity index (χ0n) is 9.91. The summed E-state index contributed by atoms with van der Waals surface area (Å²) in [6, 6.07) is 6.46. The molecule has 0 aliphatic rings. The van der Waals surface area contributed by atoms with Crippen molar-refractivity contribution in [1.29, 1.82) is 0 Å². The van der Waals surface area contributed by atoms with Crippen molar-refractivity contribution in [2.75, 3.05) is 6.61 Å². The summed E-state index contributed by atoms with van der Waals surface area (Å²) < 4.78 is 43.4. The largest absolute Gasteiger partial charge is 0.484 e. The second-order valence-corrected chi connectivity index (χ2v) is 5.06. The van der Waals surface area contributed by atoms with Gasteiger partial charge in [-0.3, -0.25) is 4.68 Å². The SMILES string of the molecule is Cn1ncc(I)c1-c1ccc(OCC(F)(F)F)cc1. The highest BCUT2D eigenvalue weighted by Crippen LogP contribution is 2.27. The molecule has 0 saturated carbocycles. The third-order valence-electron chi connectivity index (χ3n) is 2.42. The normalized spacial score (nSPS) is 11.6. The van der Waals surface area contributed by atoms with Crippen LogP contribution in [0.25, 0.3) is 11.3 Å². The van der Waals surface area contributed by atoms with Crippen LogP contribution in [0.1, 0.15) is 0 Å². The lowest BCUT2D eigenvalue weighted by atomic mass is 10.1. The third-order valence-corrected chi connectivity index (χ3v) is 3.21. The average Bonchev–Trinajstić information content (AvgIpc) is 2.67. The minimum absolute atomic E-state index is 0.193. The number of hydrogen-bond acceptors (Lipinski definition) is 2. The van der Waals surface area contributed by atoms with Crippen molar-refractivity contribution in [3.05, 3.63) is 34.0 Å². The smallest absolute Gasteiger partial charge is 0.422 e. The van der Waals surface area contributed by atoms with E-state index in [4.69, 9.17) is 0 Å². The highest BCUT2D eigenvalue weighted by molar-refractivity contribution is 14.1. The Morgan fingerprint density at radius 1 is 1.26 bits per heavy atom. The molecule has 3 nitrogen and oxygen atoms in total. The summed E-state index contributed by atoms with van der Waals surface area (Å²) in [7, 11) is 1.81. The fraction of sp³-hybridized carbons (Fsp3) is 0.250. The zero-order chi connectivity index (χ0) is 14.0. The van der Waals surface area contributed by atoms with E-state index in [1.807, 2.05) is 7.05 Å². The fourth-order valence-corrected chi connectivity index (χ4v) is 2.39. The van der Waals surface area contributed by atoms with Gasteiger partial charge in [0.25, 0.3) is 0 Å². The molecular formula is C12H10F3IN2O. The Labute approximate surface area is 121 Å². The van der Waals surface area contributed by atoms with Gasteiger partial charge in [0.05, 0.1) is 15.5 Å². The summed E-state index contributed by atoms with van der Waals surface area (Å²) in [5, 5.41) is 4.11. The number of hydrogen-bond donors (Lipinski definition) is 0. The molecule has 1 aromatic carbocycles. The summed E-state index contributed by atoms with van der Waals surface area (Å²) in [5.74, 6) is 0.193. The van der Waals surface area contributed by atoms with E-state index in [9.17, 15) is 13.2 Å². The first kappa shape index (κ1) is 14.2. The number of alkyl halides is 3. The molecule has 2 aromatic rings. The number of halogens is 4. The maximum absolute atomic E-state index is 12.0. The van der Waals surface area contributed by atoms with Crippen molar-refractivity contribution in [2.24, 2.45) is 7.05 Å². The van der Waals surface area contributed by atoms with E-state index in [1.54, 1.807) is 23.0 Å². The number of nitrogens with zero attached hydrogens (tertiary/aromatic N) is 2. The molecule has 0 spiro atoms. The van der Waals surface area contributed by atoms with Gasteiger partial charge < -0.3 is 4.74 Å². The van der Waals surface area contributed by atoms with Gasteiger partial charge in [0.15, 0.2) is 6.61 Å². The quantitative estimate of drug-likeness (QED) is 0.759. The molecule has 0 amide bonds. The third kappa shape index (κ3) is 3.62. The molecular weight excluding hydrogens is 372 g/mol. The van der Waals surface area contributed by atoms with E-state index in [-0.39, 0.29) is 5.75 Å². The first-order valence-corrected chi connectivity index (χ1v) is 6.42. The molecule has 0 radical (unpaired) electrons. The Balaban J connectivity index is 2.15. The zero-order valence-corrected chi connectivity index (χ0v) is 12.1. The maximum Gasteiger partial charge on any atom is 0.422 e. The van der Waals surface area contributed by atoms with Gasteiger partial charge in [0.2, 0.25) is 0 Å². The van der Waals surface area contributed by atoms with Gasteiger partial charge in [-0.15, -0.1) is 0 Å². The van der Waals surface area contributed by atoms with Crippen LogP contribution in [0.5, 0.6) is 5.75 Å². The van der Waals surface area contributed by atoms with Crippen molar-refractivity contribution in [3.63, 3.8) is 0 Å². The van der Waals surface area contributed by atoms with E-state index < -0.39 is 12.8 Å². The van der Waals surface area contributed by atoms with E-state index in [0.717, 1.165) is 14.8 Å². The number of aryl methyl sites for hydroxylation is 1. The molecule has 2 rings (SSSR count). The van der Waals surface area contributed by atoms with Crippen molar-refractivity contribution in [1.82, 2.24) is 9.78 Å². The Hall–Kier alpha value is -1.25. The van der Waals surface area contributed by atoms with Crippen molar-refractivity contribution in [3.8, 4) is 17.0 Å². The molecule has 0 aliphatic heterocycles. The summed E-state index contributed by atoms with van der Waals surface area (Å²) in [6.07, 6.45) is -2.60. The Kier molecular flexibility index (Phi) is 4.02. The van der Waals surface area contributed by atoms with Crippen LogP contribution in [0.15, 0.2) is 30.5 Å². The van der Waals surface area contributed by atoms with Crippen LogP contribution >= 0.6 is 22.6 Å². The lowest BCUT2D eigenvalue weighted by Crippen LogP contribution is -2.19. The monoisotopic (exact) mass is 382 g/mol. The first-order chi connectivity index (χ1) is 8.87. The molecule has 0 bridgehead atoms. The van der Waals surface area contributed by atoms with Gasteiger partial charge in [0.1, 0.15) is 5.75 Å². The van der Waals surface area contributed by atoms with Crippen molar-refractivity contribution in [2.45, 2.75) is 6.18 Å². The van der Waals surface area contributed by atoms with Gasteiger partial charge >= 0.3 is 6.18 Å². The number of benzene rings is 1. The van der Waals surface area contributed by atoms with Crippen LogP contribution in [0, 0.1) is 3.57 Å². The fourth-order valence-electron chi connectivity index (χ4n) is 1.61. The van der Waals surface area contributed by atoms with Crippen LogP contribution in [-0.4, -0.2) is 22.6 Å². The van der Waals surface area contributed by atoms with E-state index in [2.05, 4.69) is 32.4 Å². The second kappa shape index (κ2) is 5.40. The topological polar surface area (TPSA) is 27.1 Å². The molecule has 0 aliphatic carbocycles. The van der Waals surface area contributed by atoms with Crippen LogP contribution in [0.4, 0.5) is 13.2 Å². The maximum atomic E-state index is 12.0. The minimum Gasteiger partial charge on any atom is -0.484 e. The predicted molar refractivity (Wildman–Crippen MR) is 72.9 cm³/mol. The standard InChI is InChI=1S/C12H10F3IN2O/c1-18-11(10(16)6-17-18)8-2-4-9(5-3-8)19-7-12(13,14)15/h2-6H,7H2,1H3. The molecule has 7 heteroatoms. The second-order valence-electron chi connectivity index (χ2n) is 3.89. The summed E-state index contributed by atoms with van der Waals surface area (Å²) in [4.78, 5) is 0. The van der Waals surface area contributed by atoms with Gasteiger partial charge in [0, 0.05) is 12.6 Å². The molecule has 0 N–H and O–H groups in total. The van der Waals surface area contributed by atoms with Crippen molar-refractivity contribution >= 4 is 22.6 Å². The van der Waals surface area contributed by atoms with Gasteiger partial charge in [-0.25, -0.2) is 0 Å². The van der Waals surface area contributed by atoms with E-state index in [0.29, 0.717) is 0 Å². The summed E-state index contributed by atoms with van der Waals surface area (Å²) >= 11 is 2.16. The molecule has 102 valence electrons. The number of aromatic nitrogens is 2. The lowest BCUT2D eigenvalue weighted by Gasteiger charge is -2.10. The Morgan fingerprint density at radius 3 is 2.37 bits per heavy atom. The average molecular weight is 382 g/mol. The van der Waals surface area contributed by atoms with Crippen LogP contribution < -0.4 is 4.74 Å². The molecule has 19 heavy (non-hydrogen) atoms. The minimum atomic E-state index is -4.32. The van der Waals surface area contributed by atoms with Crippen LogP contribution in [0.2, 0.25) is 0 Å². The Morgan fingerprint density at radius 2 is 1.89 bits per heavy atom. The molecule has 1 aromatic heterocycles.